The van der Waals surface area contributed by atoms with Crippen molar-refractivity contribution in [3.63, 3.8) is 0 Å². The third-order valence-electron chi connectivity index (χ3n) is 3.16. The van der Waals surface area contributed by atoms with Crippen LogP contribution in [0.25, 0.3) is 0 Å². The molecule has 0 aliphatic heterocycles. The number of amides is 1. The minimum Gasteiger partial charge on any atom is -0.325 e. The van der Waals surface area contributed by atoms with Crippen LogP contribution in [0.3, 0.4) is 0 Å². The molecule has 0 atom stereocenters. The second kappa shape index (κ2) is 10.7. The van der Waals surface area contributed by atoms with Crippen LogP contribution in [0.5, 0.6) is 0 Å². The van der Waals surface area contributed by atoms with E-state index in [-0.39, 0.29) is 5.91 Å². The van der Waals surface area contributed by atoms with Gasteiger partial charge in [-0.05, 0) is 49.9 Å². The van der Waals surface area contributed by atoms with Gasteiger partial charge >= 0.3 is 0 Å². The fraction of sp³-hybridized carbons (Fsp3) is 0.562. The van der Waals surface area contributed by atoms with Crippen LogP contribution in [0.1, 0.15) is 31.2 Å². The summed E-state index contributed by atoms with van der Waals surface area (Å²) < 4.78 is 0. The van der Waals surface area contributed by atoms with Crippen LogP contribution in [0.2, 0.25) is 0 Å². The zero-order valence-corrected chi connectivity index (χ0v) is 13.4. The van der Waals surface area contributed by atoms with Crippen LogP contribution in [0, 0.1) is 6.92 Å². The van der Waals surface area contributed by atoms with Gasteiger partial charge in [0.05, 0.1) is 6.54 Å². The minimum atomic E-state index is 0.0293. The Morgan fingerprint density at radius 3 is 2.65 bits per heavy atom. The van der Waals surface area contributed by atoms with E-state index < -0.39 is 0 Å². The lowest BCUT2D eigenvalue weighted by atomic mass is 10.2. The van der Waals surface area contributed by atoms with Gasteiger partial charge in [-0.15, -0.1) is 0 Å². The molecular formula is C16H26N2OS. The van der Waals surface area contributed by atoms with Gasteiger partial charge in [-0.25, -0.2) is 0 Å². The molecule has 0 unspecified atom stereocenters. The number of benzene rings is 1. The number of carbonyl (C=O) groups excluding carboxylic acids is 1. The molecule has 1 rings (SSSR count). The molecule has 0 spiro atoms. The molecule has 1 amide bonds. The first-order chi connectivity index (χ1) is 9.74. The highest BCUT2D eigenvalue weighted by atomic mass is 32.2. The van der Waals surface area contributed by atoms with E-state index in [0.29, 0.717) is 6.54 Å². The number of thioether (sulfide) groups is 1. The fourth-order valence-corrected chi connectivity index (χ4v) is 2.45. The molecule has 0 bridgehead atoms. The Hall–Kier alpha value is -1.00. The van der Waals surface area contributed by atoms with Crippen molar-refractivity contribution < 1.29 is 4.79 Å². The maximum atomic E-state index is 11.8. The highest BCUT2D eigenvalue weighted by Gasteiger charge is 2.03. The van der Waals surface area contributed by atoms with Crippen molar-refractivity contribution in [2.75, 3.05) is 30.4 Å². The molecule has 2 N–H and O–H groups in total. The summed E-state index contributed by atoms with van der Waals surface area (Å²) in [5, 5.41) is 6.12. The van der Waals surface area contributed by atoms with Crippen molar-refractivity contribution in [1.82, 2.24) is 5.32 Å². The summed E-state index contributed by atoms with van der Waals surface area (Å²) in [4.78, 5) is 11.8. The number of hydrogen-bond acceptors (Lipinski definition) is 3. The largest absolute Gasteiger partial charge is 0.325 e. The highest BCUT2D eigenvalue weighted by Crippen LogP contribution is 2.12. The van der Waals surface area contributed by atoms with Crippen molar-refractivity contribution in [2.24, 2.45) is 0 Å². The number of para-hydroxylation sites is 1. The highest BCUT2D eigenvalue weighted by molar-refractivity contribution is 7.98. The molecule has 20 heavy (non-hydrogen) atoms. The van der Waals surface area contributed by atoms with Crippen LogP contribution in [-0.2, 0) is 4.79 Å². The number of anilines is 1. The second-order valence-electron chi connectivity index (χ2n) is 4.95. The number of hydrogen-bond donors (Lipinski definition) is 2. The van der Waals surface area contributed by atoms with Crippen LogP contribution in [-0.4, -0.2) is 31.0 Å². The number of rotatable bonds is 10. The van der Waals surface area contributed by atoms with E-state index in [1.54, 1.807) is 0 Å². The normalized spacial score (nSPS) is 10.5. The standard InChI is InChI=1S/C16H26N2OS/c1-14-9-5-6-10-15(14)18-16(19)13-17-11-7-3-4-8-12-20-2/h5-6,9-10,17H,3-4,7-8,11-13H2,1-2H3,(H,18,19). The predicted octanol–water partition coefficient (Wildman–Crippen LogP) is 3.45. The molecule has 0 heterocycles. The first-order valence-corrected chi connectivity index (χ1v) is 8.68. The molecule has 0 saturated carbocycles. The van der Waals surface area contributed by atoms with Crippen molar-refractivity contribution >= 4 is 23.4 Å². The lowest BCUT2D eigenvalue weighted by Gasteiger charge is -2.08. The molecule has 0 aliphatic carbocycles. The van der Waals surface area contributed by atoms with E-state index in [1.807, 2.05) is 43.0 Å². The van der Waals surface area contributed by atoms with E-state index in [1.165, 1.54) is 25.0 Å². The number of aryl methyl sites for hydroxylation is 1. The van der Waals surface area contributed by atoms with Crippen LogP contribution in [0.4, 0.5) is 5.69 Å². The second-order valence-corrected chi connectivity index (χ2v) is 5.93. The number of unbranched alkanes of at least 4 members (excludes halogenated alkanes) is 3. The fourth-order valence-electron chi connectivity index (χ4n) is 1.96. The Bertz CT molecular complexity index is 396. The molecule has 3 nitrogen and oxygen atoms in total. The SMILES string of the molecule is CSCCCCCCNCC(=O)Nc1ccccc1C. The lowest BCUT2D eigenvalue weighted by Crippen LogP contribution is -2.28. The van der Waals surface area contributed by atoms with E-state index in [0.717, 1.165) is 24.2 Å². The molecular weight excluding hydrogens is 268 g/mol. The van der Waals surface area contributed by atoms with Gasteiger partial charge in [0.2, 0.25) is 5.91 Å². The Morgan fingerprint density at radius 2 is 1.90 bits per heavy atom. The third-order valence-corrected chi connectivity index (χ3v) is 3.85. The number of carbonyl (C=O) groups is 1. The maximum Gasteiger partial charge on any atom is 0.238 e. The smallest absolute Gasteiger partial charge is 0.238 e. The summed E-state index contributed by atoms with van der Waals surface area (Å²) in [5.41, 5.74) is 1.99. The van der Waals surface area contributed by atoms with E-state index in [9.17, 15) is 4.79 Å². The maximum absolute atomic E-state index is 11.8. The molecule has 0 saturated heterocycles. The zero-order chi connectivity index (χ0) is 14.6. The van der Waals surface area contributed by atoms with Crippen molar-refractivity contribution in [1.29, 1.82) is 0 Å². The van der Waals surface area contributed by atoms with E-state index in [4.69, 9.17) is 0 Å². The first kappa shape index (κ1) is 17.1. The zero-order valence-electron chi connectivity index (χ0n) is 12.6. The molecule has 112 valence electrons. The minimum absolute atomic E-state index is 0.0293. The van der Waals surface area contributed by atoms with E-state index in [2.05, 4.69) is 16.9 Å². The van der Waals surface area contributed by atoms with E-state index >= 15 is 0 Å². The van der Waals surface area contributed by atoms with Gasteiger partial charge in [0.15, 0.2) is 0 Å². The Balaban J connectivity index is 2.05. The Kier molecular flexibility index (Phi) is 9.16. The monoisotopic (exact) mass is 294 g/mol. The van der Waals surface area contributed by atoms with Gasteiger partial charge in [0.25, 0.3) is 0 Å². The molecule has 1 aromatic rings. The lowest BCUT2D eigenvalue weighted by molar-refractivity contribution is -0.115. The van der Waals surface area contributed by atoms with Crippen molar-refractivity contribution in [3.05, 3.63) is 29.8 Å². The van der Waals surface area contributed by atoms with Crippen molar-refractivity contribution in [2.45, 2.75) is 32.6 Å². The summed E-state index contributed by atoms with van der Waals surface area (Å²) in [6.45, 7) is 3.30. The molecule has 1 aromatic carbocycles. The summed E-state index contributed by atoms with van der Waals surface area (Å²) in [6.07, 6.45) is 7.13. The summed E-state index contributed by atoms with van der Waals surface area (Å²) >= 11 is 1.91. The Morgan fingerprint density at radius 1 is 1.15 bits per heavy atom. The average Bonchev–Trinajstić information content (AvgIpc) is 2.44. The molecule has 0 aromatic heterocycles. The summed E-state index contributed by atoms with van der Waals surface area (Å²) in [5.74, 6) is 1.29. The summed E-state index contributed by atoms with van der Waals surface area (Å²) in [7, 11) is 0. The molecule has 4 heteroatoms. The van der Waals surface area contributed by atoms with Gasteiger partial charge in [0.1, 0.15) is 0 Å². The van der Waals surface area contributed by atoms with Gasteiger partial charge in [0, 0.05) is 5.69 Å². The molecule has 0 aliphatic rings. The van der Waals surface area contributed by atoms with Gasteiger partial charge in [-0.3, -0.25) is 4.79 Å². The molecule has 0 fully saturated rings. The van der Waals surface area contributed by atoms with Crippen LogP contribution in [0.15, 0.2) is 24.3 Å². The van der Waals surface area contributed by atoms with Crippen LogP contribution < -0.4 is 10.6 Å². The first-order valence-electron chi connectivity index (χ1n) is 7.29. The molecule has 0 radical (unpaired) electrons. The van der Waals surface area contributed by atoms with Gasteiger partial charge in [-0.1, -0.05) is 31.0 Å². The number of nitrogens with one attached hydrogen (secondary N) is 2. The third kappa shape index (κ3) is 7.56. The summed E-state index contributed by atoms with van der Waals surface area (Å²) in [6, 6.07) is 7.83. The average molecular weight is 294 g/mol. The topological polar surface area (TPSA) is 41.1 Å². The quantitative estimate of drug-likeness (QED) is 0.649. The predicted molar refractivity (Wildman–Crippen MR) is 89.5 cm³/mol. The van der Waals surface area contributed by atoms with Gasteiger partial charge in [-0.2, -0.15) is 11.8 Å². The van der Waals surface area contributed by atoms with Crippen LogP contribution >= 0.6 is 11.8 Å². The van der Waals surface area contributed by atoms with Crippen molar-refractivity contribution in [3.8, 4) is 0 Å². The Labute approximate surface area is 126 Å². The van der Waals surface area contributed by atoms with Gasteiger partial charge < -0.3 is 10.6 Å².